The number of rotatable bonds is 6. The summed E-state index contributed by atoms with van der Waals surface area (Å²) in [7, 11) is 0. The minimum absolute atomic E-state index is 0.140. The molecule has 0 aliphatic heterocycles. The zero-order chi connectivity index (χ0) is 22.3. The van der Waals surface area contributed by atoms with Gasteiger partial charge in [0.15, 0.2) is 0 Å². The number of nitrogens with one attached hydrogen (secondary N) is 1. The largest absolute Gasteiger partial charge is 0.271 e. The van der Waals surface area contributed by atoms with Crippen LogP contribution in [0.15, 0.2) is 0 Å². The second-order valence-electron chi connectivity index (χ2n) is 11.9. The summed E-state index contributed by atoms with van der Waals surface area (Å²) >= 11 is 0. The molecule has 1 aliphatic rings. The van der Waals surface area contributed by atoms with E-state index < -0.39 is 0 Å². The fraction of sp³-hybridized carbons (Fsp3) is 0.962. The predicted octanol–water partition coefficient (Wildman–Crippen LogP) is 7.22. The van der Waals surface area contributed by atoms with E-state index in [-0.39, 0.29) is 16.2 Å². The van der Waals surface area contributed by atoms with Crippen LogP contribution in [0.25, 0.3) is 0 Å². The third-order valence-electron chi connectivity index (χ3n) is 8.65. The lowest BCUT2D eigenvalue weighted by atomic mass is 9.52. The van der Waals surface area contributed by atoms with Crippen LogP contribution in [-0.4, -0.2) is 6.04 Å². The molecule has 1 rings (SSSR count). The van der Waals surface area contributed by atoms with E-state index in [1.807, 2.05) is 0 Å². The van der Waals surface area contributed by atoms with Gasteiger partial charge in [-0.15, -0.1) is 0 Å². The van der Waals surface area contributed by atoms with Gasteiger partial charge in [-0.25, -0.2) is 0 Å². The van der Waals surface area contributed by atoms with Crippen molar-refractivity contribution in [1.29, 1.82) is 5.26 Å². The van der Waals surface area contributed by atoms with E-state index in [0.29, 0.717) is 17.9 Å². The maximum atomic E-state index is 9.67. The van der Waals surface area contributed by atoms with Gasteiger partial charge in [0.2, 0.25) is 0 Å². The van der Waals surface area contributed by atoms with E-state index in [9.17, 15) is 5.26 Å². The first kappa shape index (κ1) is 26.4. The van der Waals surface area contributed by atoms with E-state index in [4.69, 9.17) is 5.84 Å². The van der Waals surface area contributed by atoms with E-state index in [0.717, 1.165) is 12.3 Å². The molecule has 3 N–H and O–H groups in total. The molecule has 0 amide bonds. The van der Waals surface area contributed by atoms with Crippen molar-refractivity contribution in [3.05, 3.63) is 0 Å². The Morgan fingerprint density at radius 3 is 2.28 bits per heavy atom. The van der Waals surface area contributed by atoms with Gasteiger partial charge >= 0.3 is 0 Å². The second-order valence-corrected chi connectivity index (χ2v) is 11.9. The lowest BCUT2D eigenvalue weighted by Gasteiger charge is -2.52. The Hall–Kier alpha value is -0.590. The molecule has 29 heavy (non-hydrogen) atoms. The Kier molecular flexibility index (Phi) is 10.2. The highest BCUT2D eigenvalue weighted by Gasteiger charge is 2.48. The molecule has 3 nitrogen and oxygen atoms in total. The third-order valence-corrected chi connectivity index (χ3v) is 8.65. The summed E-state index contributed by atoms with van der Waals surface area (Å²) in [5, 5.41) is 9.67. The van der Waals surface area contributed by atoms with E-state index in [2.05, 4.69) is 66.9 Å². The van der Waals surface area contributed by atoms with Crippen LogP contribution in [0, 0.1) is 45.3 Å². The molecule has 0 spiro atoms. The van der Waals surface area contributed by atoms with Crippen molar-refractivity contribution in [3.63, 3.8) is 0 Å². The van der Waals surface area contributed by atoms with Gasteiger partial charge in [0.25, 0.3) is 0 Å². The first-order chi connectivity index (χ1) is 13.4. The van der Waals surface area contributed by atoms with Gasteiger partial charge in [0, 0.05) is 6.04 Å². The number of hydrazine groups is 1. The van der Waals surface area contributed by atoms with Gasteiger partial charge in [-0.1, -0.05) is 79.6 Å². The van der Waals surface area contributed by atoms with E-state index in [1.54, 1.807) is 0 Å². The van der Waals surface area contributed by atoms with Crippen molar-refractivity contribution < 1.29 is 0 Å². The number of nitrogens with two attached hydrogens (primary N) is 1. The molecule has 0 saturated heterocycles. The highest BCUT2D eigenvalue weighted by atomic mass is 15.2. The molecule has 0 bridgehead atoms. The first-order valence-corrected chi connectivity index (χ1v) is 12.3. The molecular formula is C26H51N3. The normalized spacial score (nSPS) is 31.9. The highest BCUT2D eigenvalue weighted by Crippen LogP contribution is 2.56. The zero-order valence-corrected chi connectivity index (χ0v) is 20.9. The number of hydrogen-bond donors (Lipinski definition) is 2. The SMILES string of the molecule is CC(CC1CCCCCCC(C)(C(C)(C)CC(C)(C)C#N)C(C)C(C)CC1)NN. The van der Waals surface area contributed by atoms with Crippen LogP contribution in [0.1, 0.15) is 120 Å². The Morgan fingerprint density at radius 1 is 1.07 bits per heavy atom. The van der Waals surface area contributed by atoms with Crippen LogP contribution in [0.2, 0.25) is 0 Å². The molecule has 3 heteroatoms. The molecular weight excluding hydrogens is 354 g/mol. The zero-order valence-electron chi connectivity index (χ0n) is 20.9. The molecule has 5 unspecified atom stereocenters. The second kappa shape index (κ2) is 11.1. The summed E-state index contributed by atoms with van der Waals surface area (Å²) in [4.78, 5) is 0. The third kappa shape index (κ3) is 7.55. The van der Waals surface area contributed by atoms with Crippen molar-refractivity contribution in [2.45, 2.75) is 126 Å². The van der Waals surface area contributed by atoms with Crippen molar-refractivity contribution in [2.24, 2.45) is 39.8 Å². The monoisotopic (exact) mass is 405 g/mol. The maximum Gasteiger partial charge on any atom is 0.0684 e. The minimum atomic E-state index is -0.268. The van der Waals surface area contributed by atoms with Gasteiger partial charge in [0.1, 0.15) is 0 Å². The van der Waals surface area contributed by atoms with Crippen LogP contribution < -0.4 is 11.3 Å². The maximum absolute atomic E-state index is 9.67. The smallest absolute Gasteiger partial charge is 0.0684 e. The summed E-state index contributed by atoms with van der Waals surface area (Å²) in [5.74, 6) is 7.82. The summed E-state index contributed by atoms with van der Waals surface area (Å²) in [6.45, 7) is 18.8. The summed E-state index contributed by atoms with van der Waals surface area (Å²) < 4.78 is 0. The molecule has 1 fully saturated rings. The van der Waals surface area contributed by atoms with Gasteiger partial charge in [0.05, 0.1) is 11.5 Å². The molecule has 0 aromatic heterocycles. The molecule has 1 aliphatic carbocycles. The van der Waals surface area contributed by atoms with Crippen LogP contribution in [-0.2, 0) is 0 Å². The molecule has 170 valence electrons. The van der Waals surface area contributed by atoms with Gasteiger partial charge < -0.3 is 0 Å². The molecule has 0 heterocycles. The lowest BCUT2D eigenvalue weighted by Crippen LogP contribution is -2.45. The van der Waals surface area contributed by atoms with Crippen molar-refractivity contribution >= 4 is 0 Å². The van der Waals surface area contributed by atoms with E-state index >= 15 is 0 Å². The predicted molar refractivity (Wildman–Crippen MR) is 126 cm³/mol. The Bertz CT molecular complexity index is 519. The summed E-state index contributed by atoms with van der Waals surface area (Å²) in [6, 6.07) is 2.96. The number of hydrogen-bond acceptors (Lipinski definition) is 3. The van der Waals surface area contributed by atoms with Crippen LogP contribution in [0.4, 0.5) is 0 Å². The van der Waals surface area contributed by atoms with E-state index in [1.165, 1.54) is 57.8 Å². The van der Waals surface area contributed by atoms with Crippen molar-refractivity contribution in [3.8, 4) is 6.07 Å². The Balaban J connectivity index is 3.04. The Morgan fingerprint density at radius 2 is 1.69 bits per heavy atom. The molecule has 0 aromatic rings. The minimum Gasteiger partial charge on any atom is -0.271 e. The topological polar surface area (TPSA) is 61.8 Å². The average molecular weight is 406 g/mol. The highest BCUT2D eigenvalue weighted by molar-refractivity contribution is 5.02. The summed E-state index contributed by atoms with van der Waals surface area (Å²) in [5.41, 5.74) is 3.08. The molecule has 0 radical (unpaired) electrons. The van der Waals surface area contributed by atoms with Gasteiger partial charge in [-0.3, -0.25) is 11.3 Å². The first-order valence-electron chi connectivity index (χ1n) is 12.3. The van der Waals surface area contributed by atoms with Crippen LogP contribution >= 0.6 is 0 Å². The molecule has 0 aromatic carbocycles. The van der Waals surface area contributed by atoms with Crippen molar-refractivity contribution in [2.75, 3.05) is 0 Å². The van der Waals surface area contributed by atoms with Crippen LogP contribution in [0.3, 0.4) is 0 Å². The summed E-state index contributed by atoms with van der Waals surface area (Å²) in [6.07, 6.45) is 12.8. The fourth-order valence-corrected chi connectivity index (χ4v) is 6.13. The van der Waals surface area contributed by atoms with Gasteiger partial charge in [-0.2, -0.15) is 5.26 Å². The Labute approximate surface area is 182 Å². The number of nitriles is 1. The lowest BCUT2D eigenvalue weighted by molar-refractivity contribution is -0.0316. The molecule has 1 saturated carbocycles. The average Bonchev–Trinajstić information content (AvgIpc) is 2.65. The molecule has 5 atom stereocenters. The number of nitrogens with zero attached hydrogens (tertiary/aromatic N) is 1. The van der Waals surface area contributed by atoms with Gasteiger partial charge in [-0.05, 0) is 68.6 Å². The fourth-order valence-electron chi connectivity index (χ4n) is 6.13. The van der Waals surface area contributed by atoms with Crippen LogP contribution in [0.5, 0.6) is 0 Å². The quantitative estimate of drug-likeness (QED) is 0.362. The standard InChI is InChI=1S/C26H51N3/c1-20-14-15-23(17-21(2)29-28)13-11-9-10-12-16-26(8,22(20)3)25(6,7)18-24(4,5)19-27/h20-23,29H,9-18,28H2,1-8H3. The van der Waals surface area contributed by atoms with Crippen molar-refractivity contribution in [1.82, 2.24) is 5.43 Å².